The molecule has 0 saturated heterocycles. The fraction of sp³-hybridized carbons (Fsp3) is 0.211. The first-order valence-corrected chi connectivity index (χ1v) is 8.06. The van der Waals surface area contributed by atoms with E-state index in [1.54, 1.807) is 12.1 Å². The van der Waals surface area contributed by atoms with Gasteiger partial charge in [0.2, 0.25) is 0 Å². The minimum atomic E-state index is -0.833. The van der Waals surface area contributed by atoms with Crippen LogP contribution in [0.1, 0.15) is 11.1 Å². The standard InChI is InChI=1S/C19H21N3O4/c1-25-12-11-20-18(23)19(24)22-21-13-15-7-9-17(10-8-15)26-14-16-5-3-2-4-6-16/h2-10,13H,11-12,14H2,1H3,(H,20,23)(H,22,24)/b21-13+. The molecule has 0 saturated carbocycles. The third-order valence-corrected chi connectivity index (χ3v) is 3.31. The molecular formula is C19H21N3O4. The second-order valence-electron chi connectivity index (χ2n) is 5.29. The molecule has 0 unspecified atom stereocenters. The van der Waals surface area contributed by atoms with Crippen LogP contribution in [-0.2, 0) is 20.9 Å². The molecule has 2 aromatic carbocycles. The van der Waals surface area contributed by atoms with Crippen LogP contribution in [0.25, 0.3) is 0 Å². The van der Waals surface area contributed by atoms with E-state index in [9.17, 15) is 9.59 Å². The minimum absolute atomic E-state index is 0.261. The SMILES string of the molecule is COCCNC(=O)C(=O)N/N=C/c1ccc(OCc2ccccc2)cc1. The molecule has 2 N–H and O–H groups in total. The first-order valence-electron chi connectivity index (χ1n) is 8.06. The quantitative estimate of drug-likeness (QED) is 0.325. The van der Waals surface area contributed by atoms with Gasteiger partial charge in [0.1, 0.15) is 12.4 Å². The Morgan fingerprint density at radius 2 is 1.77 bits per heavy atom. The third-order valence-electron chi connectivity index (χ3n) is 3.31. The van der Waals surface area contributed by atoms with E-state index in [0.717, 1.165) is 16.9 Å². The average molecular weight is 355 g/mol. The summed E-state index contributed by atoms with van der Waals surface area (Å²) in [5.41, 5.74) is 4.01. The Balaban J connectivity index is 1.76. The second-order valence-corrected chi connectivity index (χ2v) is 5.29. The van der Waals surface area contributed by atoms with E-state index in [-0.39, 0.29) is 6.54 Å². The molecule has 0 aliphatic heterocycles. The highest BCUT2D eigenvalue weighted by atomic mass is 16.5. The van der Waals surface area contributed by atoms with Crippen LogP contribution < -0.4 is 15.5 Å². The van der Waals surface area contributed by atoms with Crippen molar-refractivity contribution in [2.24, 2.45) is 5.10 Å². The number of hydrazone groups is 1. The van der Waals surface area contributed by atoms with Gasteiger partial charge in [-0.2, -0.15) is 5.10 Å². The molecule has 0 aliphatic rings. The highest BCUT2D eigenvalue weighted by molar-refractivity contribution is 6.35. The predicted octanol–water partition coefficient (Wildman–Crippen LogP) is 1.48. The average Bonchev–Trinajstić information content (AvgIpc) is 2.68. The van der Waals surface area contributed by atoms with Crippen molar-refractivity contribution in [2.75, 3.05) is 20.3 Å². The van der Waals surface area contributed by atoms with Crippen LogP contribution in [0, 0.1) is 0 Å². The van der Waals surface area contributed by atoms with Gasteiger partial charge >= 0.3 is 11.8 Å². The fourth-order valence-electron chi connectivity index (χ4n) is 1.95. The van der Waals surface area contributed by atoms with Crippen molar-refractivity contribution in [3.63, 3.8) is 0 Å². The fourth-order valence-corrected chi connectivity index (χ4v) is 1.95. The number of carbonyl (C=O) groups is 2. The summed E-state index contributed by atoms with van der Waals surface area (Å²) in [4.78, 5) is 22.9. The lowest BCUT2D eigenvalue weighted by Crippen LogP contribution is -2.39. The molecule has 2 rings (SSSR count). The molecule has 7 heteroatoms. The molecule has 136 valence electrons. The van der Waals surface area contributed by atoms with Crippen molar-refractivity contribution in [1.82, 2.24) is 10.7 Å². The molecule has 26 heavy (non-hydrogen) atoms. The second kappa shape index (κ2) is 10.6. The zero-order valence-corrected chi connectivity index (χ0v) is 14.5. The van der Waals surface area contributed by atoms with Crippen molar-refractivity contribution in [1.29, 1.82) is 0 Å². The van der Waals surface area contributed by atoms with E-state index in [0.29, 0.717) is 13.2 Å². The molecule has 0 fully saturated rings. The van der Waals surface area contributed by atoms with Gasteiger partial charge in [-0.05, 0) is 35.4 Å². The summed E-state index contributed by atoms with van der Waals surface area (Å²) >= 11 is 0. The Morgan fingerprint density at radius 3 is 2.46 bits per heavy atom. The molecule has 0 atom stereocenters. The molecule has 2 aromatic rings. The Hall–Kier alpha value is -3.19. The molecule has 0 bridgehead atoms. The van der Waals surface area contributed by atoms with Gasteiger partial charge in [-0.3, -0.25) is 9.59 Å². The highest BCUT2D eigenvalue weighted by Gasteiger charge is 2.11. The van der Waals surface area contributed by atoms with E-state index in [2.05, 4.69) is 15.8 Å². The van der Waals surface area contributed by atoms with E-state index in [4.69, 9.17) is 9.47 Å². The van der Waals surface area contributed by atoms with Gasteiger partial charge in [0.15, 0.2) is 0 Å². The lowest BCUT2D eigenvalue weighted by molar-refractivity contribution is -0.139. The molecule has 0 aromatic heterocycles. The van der Waals surface area contributed by atoms with Crippen molar-refractivity contribution < 1.29 is 19.1 Å². The van der Waals surface area contributed by atoms with E-state index >= 15 is 0 Å². The Labute approximate surface area is 152 Å². The van der Waals surface area contributed by atoms with Crippen molar-refractivity contribution in [3.05, 3.63) is 65.7 Å². The summed E-state index contributed by atoms with van der Waals surface area (Å²) in [5.74, 6) is -0.864. The van der Waals surface area contributed by atoms with Gasteiger partial charge in [-0.15, -0.1) is 0 Å². The van der Waals surface area contributed by atoms with Crippen molar-refractivity contribution in [2.45, 2.75) is 6.61 Å². The number of amides is 2. The largest absolute Gasteiger partial charge is 0.489 e. The molecule has 0 heterocycles. The zero-order valence-electron chi connectivity index (χ0n) is 14.5. The summed E-state index contributed by atoms with van der Waals surface area (Å²) in [6, 6.07) is 17.1. The maximum absolute atomic E-state index is 11.5. The van der Waals surface area contributed by atoms with Crippen LogP contribution in [0.3, 0.4) is 0 Å². The normalized spacial score (nSPS) is 10.5. The molecule has 0 aliphatic carbocycles. The van der Waals surface area contributed by atoms with E-state index < -0.39 is 11.8 Å². The number of nitrogens with one attached hydrogen (secondary N) is 2. The van der Waals surface area contributed by atoms with E-state index in [1.807, 2.05) is 42.5 Å². The smallest absolute Gasteiger partial charge is 0.329 e. The van der Waals surface area contributed by atoms with Crippen LogP contribution in [0.2, 0.25) is 0 Å². The Morgan fingerprint density at radius 1 is 1.04 bits per heavy atom. The van der Waals surface area contributed by atoms with Crippen LogP contribution in [0.5, 0.6) is 5.75 Å². The molecule has 0 radical (unpaired) electrons. The molecule has 2 amide bonds. The summed E-state index contributed by atoms with van der Waals surface area (Å²) in [6.45, 7) is 1.08. The van der Waals surface area contributed by atoms with Crippen LogP contribution in [-0.4, -0.2) is 38.3 Å². The summed E-state index contributed by atoms with van der Waals surface area (Å²) in [6.07, 6.45) is 1.45. The van der Waals surface area contributed by atoms with Crippen LogP contribution >= 0.6 is 0 Å². The maximum Gasteiger partial charge on any atom is 0.329 e. The highest BCUT2D eigenvalue weighted by Crippen LogP contribution is 2.13. The lowest BCUT2D eigenvalue weighted by atomic mass is 10.2. The number of carbonyl (C=O) groups excluding carboxylic acids is 2. The van der Waals surface area contributed by atoms with Gasteiger partial charge in [0.25, 0.3) is 0 Å². The van der Waals surface area contributed by atoms with Gasteiger partial charge < -0.3 is 14.8 Å². The number of nitrogens with zero attached hydrogens (tertiary/aromatic N) is 1. The summed E-state index contributed by atoms with van der Waals surface area (Å²) in [7, 11) is 1.51. The topological polar surface area (TPSA) is 89.0 Å². The molecular weight excluding hydrogens is 334 g/mol. The summed E-state index contributed by atoms with van der Waals surface area (Å²) in [5, 5.41) is 6.16. The predicted molar refractivity (Wildman–Crippen MR) is 97.8 cm³/mol. The number of benzene rings is 2. The van der Waals surface area contributed by atoms with Crippen molar-refractivity contribution >= 4 is 18.0 Å². The van der Waals surface area contributed by atoms with Gasteiger partial charge in [-0.25, -0.2) is 5.43 Å². The van der Waals surface area contributed by atoms with Gasteiger partial charge in [0.05, 0.1) is 12.8 Å². The van der Waals surface area contributed by atoms with Crippen LogP contribution in [0.4, 0.5) is 0 Å². The Kier molecular flexibility index (Phi) is 7.82. The first-order chi connectivity index (χ1) is 12.7. The van der Waals surface area contributed by atoms with Gasteiger partial charge in [0, 0.05) is 13.7 Å². The summed E-state index contributed by atoms with van der Waals surface area (Å²) < 4.78 is 10.5. The Bertz CT molecular complexity index is 730. The minimum Gasteiger partial charge on any atom is -0.489 e. The molecule has 7 nitrogen and oxygen atoms in total. The lowest BCUT2D eigenvalue weighted by Gasteiger charge is -2.06. The molecule has 0 spiro atoms. The number of ether oxygens (including phenoxy) is 2. The van der Waals surface area contributed by atoms with Crippen molar-refractivity contribution in [3.8, 4) is 5.75 Å². The van der Waals surface area contributed by atoms with Crippen LogP contribution in [0.15, 0.2) is 59.7 Å². The maximum atomic E-state index is 11.5. The number of hydrogen-bond donors (Lipinski definition) is 2. The number of methoxy groups -OCH3 is 1. The van der Waals surface area contributed by atoms with E-state index in [1.165, 1.54) is 13.3 Å². The first kappa shape index (κ1) is 19.1. The number of rotatable bonds is 8. The van der Waals surface area contributed by atoms with Gasteiger partial charge in [-0.1, -0.05) is 30.3 Å². The third kappa shape index (κ3) is 6.74. The monoisotopic (exact) mass is 355 g/mol. The number of hydrogen-bond acceptors (Lipinski definition) is 5. The zero-order chi connectivity index (χ0) is 18.6.